The van der Waals surface area contributed by atoms with E-state index in [9.17, 15) is 35.2 Å². The number of alkyl halides is 4. The van der Waals surface area contributed by atoms with Crippen molar-refractivity contribution >= 4 is 15.7 Å². The highest BCUT2D eigenvalue weighted by Crippen LogP contribution is 2.59. The molecule has 2 fully saturated rings. The number of hydrogen-bond donors (Lipinski definition) is 2. The maximum absolute atomic E-state index is 14.8. The lowest BCUT2D eigenvalue weighted by atomic mass is 9.72. The van der Waals surface area contributed by atoms with Crippen LogP contribution in [0.15, 0.2) is 47.4 Å². The molecule has 0 aromatic heterocycles. The minimum atomic E-state index is -5.16. The van der Waals surface area contributed by atoms with Crippen LogP contribution < -0.4 is 11.1 Å². The topological polar surface area (TPSA) is 89.3 Å². The van der Waals surface area contributed by atoms with Crippen LogP contribution in [0.2, 0.25) is 0 Å². The molecule has 5 rings (SSSR count). The average Bonchev–Trinajstić information content (AvgIpc) is 3.24. The third-order valence-corrected chi connectivity index (χ3v) is 11.3. The molecule has 1 unspecified atom stereocenters. The van der Waals surface area contributed by atoms with Gasteiger partial charge in [-0.3, -0.25) is 4.79 Å². The average molecular weight is 557 g/mol. The fraction of sp³-hybridized carbons (Fsp3) is 0.519. The molecule has 0 spiro atoms. The highest BCUT2D eigenvalue weighted by Gasteiger charge is 2.62. The van der Waals surface area contributed by atoms with Crippen molar-refractivity contribution in [3.63, 3.8) is 0 Å². The first-order valence-electron chi connectivity index (χ1n) is 12.6. The molecule has 3 aliphatic rings. The van der Waals surface area contributed by atoms with E-state index >= 15 is 0 Å². The molecule has 206 valence electrons. The zero-order chi connectivity index (χ0) is 27.7. The number of carbonyl (C=O) groups excluding carboxylic acids is 1. The summed E-state index contributed by atoms with van der Waals surface area (Å²) in [4.78, 5) is 13.2. The van der Waals surface area contributed by atoms with Gasteiger partial charge in [0.25, 0.3) is 0 Å². The van der Waals surface area contributed by atoms with Crippen molar-refractivity contribution in [1.29, 1.82) is 0 Å². The molecule has 0 aliphatic heterocycles. The zero-order valence-corrected chi connectivity index (χ0v) is 21.5. The van der Waals surface area contributed by atoms with Gasteiger partial charge in [-0.15, -0.1) is 0 Å². The molecule has 4 atom stereocenters. The molecule has 0 radical (unpaired) electrons. The van der Waals surface area contributed by atoms with Crippen molar-refractivity contribution in [2.45, 2.75) is 79.0 Å². The Morgan fingerprint density at radius 3 is 2.32 bits per heavy atom. The smallest absolute Gasteiger partial charge is 0.353 e. The van der Waals surface area contributed by atoms with E-state index in [0.29, 0.717) is 25.3 Å². The van der Waals surface area contributed by atoms with Crippen molar-refractivity contribution in [1.82, 2.24) is 5.32 Å². The Morgan fingerprint density at radius 2 is 1.71 bits per heavy atom. The lowest BCUT2D eigenvalue weighted by Crippen LogP contribution is -2.53. The summed E-state index contributed by atoms with van der Waals surface area (Å²) in [5.74, 6) is -2.19. The van der Waals surface area contributed by atoms with Gasteiger partial charge in [0.2, 0.25) is 11.6 Å². The Bertz CT molecular complexity index is 1350. The number of nitrogens with one attached hydrogen (secondary N) is 1. The first-order chi connectivity index (χ1) is 17.7. The number of rotatable bonds is 5. The fourth-order valence-corrected chi connectivity index (χ4v) is 9.01. The number of sulfone groups is 1. The van der Waals surface area contributed by atoms with E-state index in [1.807, 2.05) is 0 Å². The van der Waals surface area contributed by atoms with Crippen LogP contribution in [0.25, 0.3) is 0 Å². The van der Waals surface area contributed by atoms with E-state index in [1.54, 1.807) is 0 Å². The number of nitrogens with two attached hydrogens (primary N) is 1. The summed E-state index contributed by atoms with van der Waals surface area (Å²) >= 11 is 0. The van der Waals surface area contributed by atoms with Crippen LogP contribution in [0.3, 0.4) is 0 Å². The van der Waals surface area contributed by atoms with E-state index in [1.165, 1.54) is 6.07 Å². The molecule has 2 aromatic carbocycles. The summed E-state index contributed by atoms with van der Waals surface area (Å²) in [5, 5.41) is 2.97. The van der Waals surface area contributed by atoms with Gasteiger partial charge in [-0.05, 0) is 92.3 Å². The van der Waals surface area contributed by atoms with Crippen LogP contribution in [0, 0.1) is 17.7 Å². The molecule has 0 heterocycles. The lowest BCUT2D eigenvalue weighted by molar-refractivity contribution is -0.228. The number of carbonyl (C=O) groups is 1. The summed E-state index contributed by atoms with van der Waals surface area (Å²) in [7, 11) is -4.25. The number of fused-ring (bicyclic) bond motifs is 3. The third kappa shape index (κ3) is 4.04. The number of amides is 1. The van der Waals surface area contributed by atoms with E-state index in [4.69, 9.17) is 5.73 Å². The second kappa shape index (κ2) is 9.01. The normalized spacial score (nSPS) is 30.5. The molecule has 5 nitrogen and oxygen atoms in total. The Hall–Kier alpha value is -2.53. The number of hydrogen-bond acceptors (Lipinski definition) is 4. The predicted molar refractivity (Wildman–Crippen MR) is 130 cm³/mol. The Balaban J connectivity index is 1.61. The van der Waals surface area contributed by atoms with Crippen molar-refractivity contribution in [2.75, 3.05) is 0 Å². The second-order valence-electron chi connectivity index (χ2n) is 10.9. The minimum absolute atomic E-state index is 0.00969. The standard InChI is InChI=1S/C27H29F5N2O3S/c1-25(29,27(30,31)32)16-3-9-22-15(12-16)2-8-23-21(24(35)34-19-13-18(33)14-19)10-11-26(22,23)38(36,37)20-6-4-17(28)5-7-20/h3-7,9,12,18-19,21,23H,2,8,10-11,13-14,33H2,1H3,(H,34,35)/t18-,19+,21-,23+,25?,26-/m1/s1. The Kier molecular flexibility index (Phi) is 6.41. The molecular formula is C27H29F5N2O3S. The summed E-state index contributed by atoms with van der Waals surface area (Å²) in [5.41, 5.74) is 2.19. The van der Waals surface area contributed by atoms with Crippen molar-refractivity contribution < 1.29 is 35.2 Å². The number of aryl methyl sites for hydroxylation is 1. The van der Waals surface area contributed by atoms with Gasteiger partial charge in [0, 0.05) is 18.0 Å². The molecule has 0 bridgehead atoms. The first kappa shape index (κ1) is 27.1. The summed E-state index contributed by atoms with van der Waals surface area (Å²) in [6.45, 7) is 0.438. The van der Waals surface area contributed by atoms with E-state index in [2.05, 4.69) is 5.32 Å². The number of benzene rings is 2. The lowest BCUT2D eigenvalue weighted by Gasteiger charge is -2.43. The molecule has 3 N–H and O–H groups in total. The van der Waals surface area contributed by atoms with E-state index in [-0.39, 0.29) is 54.1 Å². The largest absolute Gasteiger partial charge is 0.426 e. The van der Waals surface area contributed by atoms with E-state index < -0.39 is 49.6 Å². The van der Waals surface area contributed by atoms with Crippen molar-refractivity contribution in [2.24, 2.45) is 17.6 Å². The molecule has 38 heavy (non-hydrogen) atoms. The summed E-state index contributed by atoms with van der Waals surface area (Å²) in [6.07, 6.45) is -3.17. The van der Waals surface area contributed by atoms with Crippen LogP contribution in [0.4, 0.5) is 22.0 Å². The SMILES string of the molecule is CC(F)(c1ccc2c(c1)CC[C@H]1[C@H](C(=O)N[C@H]3C[C@@H](N)C3)CC[C@@]21S(=O)(=O)c1ccc(F)cc1)C(F)(F)F. The molecular weight excluding hydrogens is 527 g/mol. The van der Waals surface area contributed by atoms with Crippen LogP contribution in [-0.2, 0) is 31.5 Å². The van der Waals surface area contributed by atoms with Gasteiger partial charge in [-0.1, -0.05) is 18.2 Å². The van der Waals surface area contributed by atoms with Gasteiger partial charge in [-0.25, -0.2) is 17.2 Å². The fourth-order valence-electron chi connectivity index (χ4n) is 6.53. The predicted octanol–water partition coefficient (Wildman–Crippen LogP) is 4.82. The number of halogens is 5. The quantitative estimate of drug-likeness (QED) is 0.408. The van der Waals surface area contributed by atoms with Crippen LogP contribution in [0.1, 0.15) is 55.7 Å². The summed E-state index contributed by atoms with van der Waals surface area (Å²) in [6, 6.07) is 7.66. The van der Waals surface area contributed by atoms with Gasteiger partial charge in [0.05, 0.1) is 4.90 Å². The zero-order valence-electron chi connectivity index (χ0n) is 20.7. The van der Waals surface area contributed by atoms with Gasteiger partial charge in [0.15, 0.2) is 9.84 Å². The van der Waals surface area contributed by atoms with Gasteiger partial charge >= 0.3 is 6.18 Å². The van der Waals surface area contributed by atoms with E-state index in [0.717, 1.165) is 36.4 Å². The third-order valence-electron chi connectivity index (χ3n) is 8.73. The molecule has 1 amide bonds. The Labute approximate surface area is 217 Å². The maximum atomic E-state index is 14.8. The van der Waals surface area contributed by atoms with Crippen LogP contribution in [-0.4, -0.2) is 32.6 Å². The van der Waals surface area contributed by atoms with Crippen LogP contribution >= 0.6 is 0 Å². The molecule has 0 saturated heterocycles. The van der Waals surface area contributed by atoms with Gasteiger partial charge in [-0.2, -0.15) is 13.2 Å². The minimum Gasteiger partial charge on any atom is -0.353 e. The monoisotopic (exact) mass is 556 g/mol. The second-order valence-corrected chi connectivity index (χ2v) is 13.2. The Morgan fingerprint density at radius 1 is 1.05 bits per heavy atom. The van der Waals surface area contributed by atoms with Gasteiger partial charge in [0.1, 0.15) is 10.6 Å². The first-order valence-corrected chi connectivity index (χ1v) is 14.1. The molecule has 11 heteroatoms. The van der Waals surface area contributed by atoms with Crippen molar-refractivity contribution in [3.8, 4) is 0 Å². The van der Waals surface area contributed by atoms with Gasteiger partial charge < -0.3 is 11.1 Å². The molecule has 2 aromatic rings. The maximum Gasteiger partial charge on any atom is 0.426 e. The molecule has 3 aliphatic carbocycles. The highest BCUT2D eigenvalue weighted by molar-refractivity contribution is 7.92. The van der Waals surface area contributed by atoms with Crippen LogP contribution in [0.5, 0.6) is 0 Å². The summed E-state index contributed by atoms with van der Waals surface area (Å²) < 4.78 is 95.7. The van der Waals surface area contributed by atoms with Crippen molar-refractivity contribution in [3.05, 3.63) is 65.0 Å². The molecule has 2 saturated carbocycles. The highest BCUT2D eigenvalue weighted by atomic mass is 32.2.